The number of hydrogen-bond acceptors (Lipinski definition) is 4. The summed E-state index contributed by atoms with van der Waals surface area (Å²) in [7, 11) is 1.56. The Hall–Kier alpha value is -1.89. The summed E-state index contributed by atoms with van der Waals surface area (Å²) in [6.07, 6.45) is 3.83. The number of nitrogens with zero attached hydrogens (tertiary/aromatic N) is 2. The van der Waals surface area contributed by atoms with Crippen molar-refractivity contribution in [1.82, 2.24) is 9.80 Å². The number of rotatable bonds is 4. The number of ether oxygens (including phenoxy) is 1. The van der Waals surface area contributed by atoms with Gasteiger partial charge in [0.1, 0.15) is 5.75 Å². The molecule has 1 aromatic rings. The van der Waals surface area contributed by atoms with Gasteiger partial charge in [-0.25, -0.2) is 4.79 Å². The van der Waals surface area contributed by atoms with Gasteiger partial charge in [-0.2, -0.15) is 0 Å². The number of urea groups is 1. The highest BCUT2D eigenvalue weighted by molar-refractivity contribution is 9.10. The van der Waals surface area contributed by atoms with Crippen LogP contribution in [0.3, 0.4) is 0 Å². The lowest BCUT2D eigenvalue weighted by atomic mass is 9.85. The van der Waals surface area contributed by atoms with Gasteiger partial charge in [0.05, 0.1) is 18.1 Å². The molecular weight excluding hydrogens is 388 g/mol. The minimum Gasteiger partial charge on any atom is -0.496 e. The van der Waals surface area contributed by atoms with E-state index in [1.807, 2.05) is 6.92 Å². The minimum atomic E-state index is -0.741. The molecule has 2 atom stereocenters. The maximum atomic E-state index is 12.8. The van der Waals surface area contributed by atoms with E-state index in [1.54, 1.807) is 25.3 Å². The first-order valence-corrected chi connectivity index (χ1v) is 9.24. The summed E-state index contributed by atoms with van der Waals surface area (Å²) in [5, 5.41) is 0. The topological polar surface area (TPSA) is 66.9 Å². The quantitative estimate of drug-likeness (QED) is 0.565. The summed E-state index contributed by atoms with van der Waals surface area (Å²) in [5.41, 5.74) is 0.751. The van der Waals surface area contributed by atoms with Crippen molar-refractivity contribution in [3.05, 3.63) is 28.2 Å². The highest BCUT2D eigenvalue weighted by Gasteiger charge is 2.48. The van der Waals surface area contributed by atoms with E-state index in [1.165, 1.54) is 4.90 Å². The van der Waals surface area contributed by atoms with Crippen molar-refractivity contribution in [2.75, 3.05) is 7.11 Å². The summed E-state index contributed by atoms with van der Waals surface area (Å²) >= 11 is 3.39. The first-order valence-electron chi connectivity index (χ1n) is 8.45. The van der Waals surface area contributed by atoms with Crippen LogP contribution in [0.25, 0.3) is 0 Å². The van der Waals surface area contributed by atoms with E-state index in [0.29, 0.717) is 5.75 Å². The number of amides is 4. The van der Waals surface area contributed by atoms with Gasteiger partial charge in [0, 0.05) is 6.04 Å². The van der Waals surface area contributed by atoms with Crippen LogP contribution >= 0.6 is 15.9 Å². The monoisotopic (exact) mass is 408 g/mol. The van der Waals surface area contributed by atoms with Crippen molar-refractivity contribution in [2.24, 2.45) is 5.92 Å². The Bertz CT molecular complexity index is 721. The van der Waals surface area contributed by atoms with Crippen molar-refractivity contribution < 1.29 is 19.1 Å². The van der Waals surface area contributed by atoms with Crippen LogP contribution in [0, 0.1) is 5.92 Å². The maximum absolute atomic E-state index is 12.8. The first-order chi connectivity index (χ1) is 11.9. The van der Waals surface area contributed by atoms with Crippen LogP contribution in [0.15, 0.2) is 22.7 Å². The van der Waals surface area contributed by atoms with Crippen LogP contribution in [0.4, 0.5) is 4.79 Å². The SMILES string of the molecule is COc1ccc(CN2C(=O)C(=O)N([C@@H]3CCCC[C@H]3C)C2=O)cc1Br. The van der Waals surface area contributed by atoms with E-state index in [9.17, 15) is 14.4 Å². The van der Waals surface area contributed by atoms with Gasteiger partial charge >= 0.3 is 17.8 Å². The third-order valence-corrected chi connectivity index (χ3v) is 5.66. The van der Waals surface area contributed by atoms with Gasteiger partial charge in [-0.15, -0.1) is 0 Å². The molecule has 1 heterocycles. The molecule has 1 aliphatic heterocycles. The van der Waals surface area contributed by atoms with Gasteiger partial charge in [0.15, 0.2) is 0 Å². The molecule has 0 radical (unpaired) electrons. The van der Waals surface area contributed by atoms with E-state index in [4.69, 9.17) is 4.74 Å². The van der Waals surface area contributed by atoms with Crippen molar-refractivity contribution in [3.8, 4) is 5.75 Å². The first kappa shape index (κ1) is 17.9. The van der Waals surface area contributed by atoms with Crippen LogP contribution in [0.5, 0.6) is 5.75 Å². The van der Waals surface area contributed by atoms with Crippen LogP contribution in [-0.2, 0) is 16.1 Å². The molecule has 4 amide bonds. The molecule has 0 aromatic heterocycles. The van der Waals surface area contributed by atoms with E-state index < -0.39 is 17.8 Å². The van der Waals surface area contributed by atoms with Crippen molar-refractivity contribution in [2.45, 2.75) is 45.2 Å². The zero-order chi connectivity index (χ0) is 18.1. The molecule has 1 saturated heterocycles. The zero-order valence-corrected chi connectivity index (χ0v) is 15.9. The van der Waals surface area contributed by atoms with Gasteiger partial charge in [-0.1, -0.05) is 25.8 Å². The molecule has 1 aliphatic carbocycles. The summed E-state index contributed by atoms with van der Waals surface area (Å²) in [6, 6.07) is 4.65. The number of halogens is 1. The molecule has 2 fully saturated rings. The normalized spacial score (nSPS) is 24.2. The molecule has 0 spiro atoms. The van der Waals surface area contributed by atoms with Crippen molar-refractivity contribution in [3.63, 3.8) is 0 Å². The van der Waals surface area contributed by atoms with E-state index in [-0.39, 0.29) is 18.5 Å². The zero-order valence-electron chi connectivity index (χ0n) is 14.3. The third-order valence-electron chi connectivity index (χ3n) is 5.04. The Balaban J connectivity index is 1.80. The Morgan fingerprint density at radius 2 is 1.88 bits per heavy atom. The molecule has 25 heavy (non-hydrogen) atoms. The van der Waals surface area contributed by atoms with E-state index >= 15 is 0 Å². The fourth-order valence-corrected chi connectivity index (χ4v) is 4.21. The molecule has 3 rings (SSSR count). The summed E-state index contributed by atoms with van der Waals surface area (Å²) < 4.78 is 5.91. The molecule has 1 saturated carbocycles. The maximum Gasteiger partial charge on any atom is 0.334 e. The fourth-order valence-electron chi connectivity index (χ4n) is 3.63. The largest absolute Gasteiger partial charge is 0.496 e. The Labute approximate surface area is 155 Å². The van der Waals surface area contributed by atoms with Gasteiger partial charge in [-0.05, 0) is 52.4 Å². The second-order valence-electron chi connectivity index (χ2n) is 6.65. The Morgan fingerprint density at radius 3 is 2.52 bits per heavy atom. The summed E-state index contributed by atoms with van der Waals surface area (Å²) in [4.78, 5) is 39.8. The van der Waals surface area contributed by atoms with Gasteiger partial charge in [0.2, 0.25) is 0 Å². The minimum absolute atomic E-state index is 0.0730. The van der Waals surface area contributed by atoms with Crippen LogP contribution in [0.2, 0.25) is 0 Å². The standard InChI is InChI=1S/C18H21BrN2O4/c1-11-5-3-4-6-14(11)21-17(23)16(22)20(18(21)24)10-12-7-8-15(25-2)13(19)9-12/h7-9,11,14H,3-6,10H2,1-2H3/t11-,14-/m1/s1. The van der Waals surface area contributed by atoms with Gasteiger partial charge in [0.25, 0.3) is 0 Å². The van der Waals surface area contributed by atoms with Crippen LogP contribution < -0.4 is 4.74 Å². The fraction of sp³-hybridized carbons (Fsp3) is 0.500. The second-order valence-corrected chi connectivity index (χ2v) is 7.50. The molecular formula is C18H21BrN2O4. The third kappa shape index (κ3) is 3.29. The highest BCUT2D eigenvalue weighted by Crippen LogP contribution is 2.32. The van der Waals surface area contributed by atoms with Gasteiger partial charge in [-0.3, -0.25) is 19.4 Å². The van der Waals surface area contributed by atoms with E-state index in [0.717, 1.165) is 40.6 Å². The summed E-state index contributed by atoms with van der Waals surface area (Å²) in [5.74, 6) is -0.549. The number of benzene rings is 1. The van der Waals surface area contributed by atoms with Crippen LogP contribution in [-0.4, -0.2) is 40.8 Å². The predicted octanol–water partition coefficient (Wildman–Crippen LogP) is 3.33. The molecule has 2 aliphatic rings. The molecule has 7 heteroatoms. The lowest BCUT2D eigenvalue weighted by Gasteiger charge is -2.34. The Morgan fingerprint density at radius 1 is 1.16 bits per heavy atom. The van der Waals surface area contributed by atoms with Gasteiger partial charge < -0.3 is 4.74 Å². The number of hydrogen-bond donors (Lipinski definition) is 0. The number of imide groups is 2. The second kappa shape index (κ2) is 7.15. The Kier molecular flexibility index (Phi) is 5.13. The highest BCUT2D eigenvalue weighted by atomic mass is 79.9. The number of carbonyl (C=O) groups is 3. The average Bonchev–Trinajstić information content (AvgIpc) is 2.79. The lowest BCUT2D eigenvalue weighted by molar-refractivity contribution is -0.144. The molecule has 1 aromatic carbocycles. The smallest absolute Gasteiger partial charge is 0.334 e. The van der Waals surface area contributed by atoms with Crippen LogP contribution in [0.1, 0.15) is 38.2 Å². The van der Waals surface area contributed by atoms with Crippen molar-refractivity contribution >= 4 is 33.8 Å². The van der Waals surface area contributed by atoms with E-state index in [2.05, 4.69) is 15.9 Å². The number of carbonyl (C=O) groups excluding carboxylic acids is 3. The molecule has 0 bridgehead atoms. The van der Waals surface area contributed by atoms with Crippen molar-refractivity contribution in [1.29, 1.82) is 0 Å². The molecule has 0 unspecified atom stereocenters. The summed E-state index contributed by atoms with van der Waals surface area (Å²) in [6.45, 7) is 2.11. The molecule has 6 nitrogen and oxygen atoms in total. The number of methoxy groups -OCH3 is 1. The average molecular weight is 409 g/mol. The molecule has 134 valence electrons. The lowest BCUT2D eigenvalue weighted by Crippen LogP contribution is -2.46. The molecule has 0 N–H and O–H groups in total. The predicted molar refractivity (Wildman–Crippen MR) is 94.9 cm³/mol.